The number of fused-ring (bicyclic) bond motifs is 2. The van der Waals surface area contributed by atoms with Gasteiger partial charge >= 0.3 is 0 Å². The number of aromatic nitrogens is 2. The average Bonchev–Trinajstić information content (AvgIpc) is 3.33. The van der Waals surface area contributed by atoms with Crippen LogP contribution in [0, 0.1) is 0 Å². The van der Waals surface area contributed by atoms with Crippen LogP contribution in [0.3, 0.4) is 0 Å². The van der Waals surface area contributed by atoms with Crippen LogP contribution in [0.5, 0.6) is 0 Å². The molecule has 1 aliphatic rings. The normalized spacial score (nSPS) is 15.8. The Morgan fingerprint density at radius 3 is 2.59 bits per heavy atom. The maximum absolute atomic E-state index is 4.71. The minimum atomic E-state index is 1.07. The highest BCUT2D eigenvalue weighted by molar-refractivity contribution is 7.13. The van der Waals surface area contributed by atoms with Gasteiger partial charge in [-0.15, -0.1) is 0 Å². The monoisotopic (exact) mass is 376 g/mol. The topological polar surface area (TPSA) is 35.2 Å². The molecule has 0 aliphatic carbocycles. The van der Waals surface area contributed by atoms with Crippen LogP contribution < -0.4 is 4.90 Å². The molecule has 0 radical (unpaired) electrons. The summed E-state index contributed by atoms with van der Waals surface area (Å²) in [6, 6.07) is 17.2. The Balaban J connectivity index is 1.15. The highest BCUT2D eigenvalue weighted by Crippen LogP contribution is 2.29. The van der Waals surface area contributed by atoms with Gasteiger partial charge in [-0.05, 0) is 54.7 Å². The second-order valence-corrected chi connectivity index (χ2v) is 8.10. The number of piperazine rings is 1. The van der Waals surface area contributed by atoms with Crippen LogP contribution >= 0.6 is 11.5 Å². The third-order valence-corrected chi connectivity index (χ3v) is 6.44. The van der Waals surface area contributed by atoms with E-state index in [0.29, 0.717) is 0 Å². The van der Waals surface area contributed by atoms with Crippen molar-refractivity contribution >= 4 is 38.3 Å². The summed E-state index contributed by atoms with van der Waals surface area (Å²) in [4.78, 5) is 8.44. The van der Waals surface area contributed by atoms with Gasteiger partial charge in [0.25, 0.3) is 0 Å². The van der Waals surface area contributed by atoms with Gasteiger partial charge in [0, 0.05) is 48.7 Å². The van der Waals surface area contributed by atoms with E-state index < -0.39 is 0 Å². The van der Waals surface area contributed by atoms with Crippen LogP contribution in [0.15, 0.2) is 54.7 Å². The Bertz CT molecular complexity index is 1040. The van der Waals surface area contributed by atoms with Crippen molar-refractivity contribution in [2.24, 2.45) is 0 Å². The SMILES string of the molecule is c1ccc2c(CCCN3CCN(c4nsc5ccccc45)CC3)c[nH]c2c1. The molecule has 5 rings (SSSR count). The van der Waals surface area contributed by atoms with E-state index in [0.717, 1.165) is 32.6 Å². The Kier molecular flexibility index (Phi) is 4.56. The average molecular weight is 377 g/mol. The van der Waals surface area contributed by atoms with Crippen molar-refractivity contribution in [1.82, 2.24) is 14.3 Å². The number of aromatic amines is 1. The summed E-state index contributed by atoms with van der Waals surface area (Å²) in [7, 11) is 0. The summed E-state index contributed by atoms with van der Waals surface area (Å²) in [6.07, 6.45) is 4.53. The maximum Gasteiger partial charge on any atom is 0.150 e. The molecule has 138 valence electrons. The first kappa shape index (κ1) is 16.8. The molecule has 2 aromatic carbocycles. The van der Waals surface area contributed by atoms with Crippen molar-refractivity contribution in [2.45, 2.75) is 12.8 Å². The first-order valence-electron chi connectivity index (χ1n) is 9.75. The predicted octanol–water partition coefficient (Wildman–Crippen LogP) is 4.53. The molecule has 0 atom stereocenters. The summed E-state index contributed by atoms with van der Waals surface area (Å²) >= 11 is 1.61. The molecule has 1 N–H and O–H groups in total. The fourth-order valence-corrected chi connectivity index (χ4v) is 4.91. The minimum absolute atomic E-state index is 1.07. The third-order valence-electron chi connectivity index (χ3n) is 5.63. The van der Waals surface area contributed by atoms with E-state index in [-0.39, 0.29) is 0 Å². The van der Waals surface area contributed by atoms with Crippen molar-refractivity contribution in [3.63, 3.8) is 0 Å². The number of hydrogen-bond donors (Lipinski definition) is 1. The molecule has 1 fully saturated rings. The van der Waals surface area contributed by atoms with Crippen molar-refractivity contribution in [1.29, 1.82) is 0 Å². The molecule has 4 aromatic rings. The summed E-state index contributed by atoms with van der Waals surface area (Å²) in [5.74, 6) is 1.18. The second-order valence-electron chi connectivity index (χ2n) is 7.29. The first-order valence-corrected chi connectivity index (χ1v) is 10.5. The van der Waals surface area contributed by atoms with E-state index >= 15 is 0 Å². The van der Waals surface area contributed by atoms with Crippen molar-refractivity contribution < 1.29 is 0 Å². The molecule has 3 heterocycles. The zero-order valence-corrected chi connectivity index (χ0v) is 16.2. The molecule has 0 unspecified atom stereocenters. The Hall–Kier alpha value is -2.37. The van der Waals surface area contributed by atoms with Gasteiger partial charge in [0.05, 0.1) is 4.70 Å². The summed E-state index contributed by atoms with van der Waals surface area (Å²) in [5.41, 5.74) is 2.69. The van der Waals surface area contributed by atoms with E-state index in [9.17, 15) is 0 Å². The van der Waals surface area contributed by atoms with Crippen molar-refractivity contribution in [3.05, 3.63) is 60.3 Å². The van der Waals surface area contributed by atoms with Gasteiger partial charge in [0.2, 0.25) is 0 Å². The Labute approximate surface area is 163 Å². The highest BCUT2D eigenvalue weighted by atomic mass is 32.1. The summed E-state index contributed by atoms with van der Waals surface area (Å²) in [6.45, 7) is 5.56. The summed E-state index contributed by atoms with van der Waals surface area (Å²) in [5, 5.41) is 2.67. The Morgan fingerprint density at radius 1 is 0.926 bits per heavy atom. The van der Waals surface area contributed by atoms with Crippen LogP contribution in [0.1, 0.15) is 12.0 Å². The lowest BCUT2D eigenvalue weighted by Crippen LogP contribution is -2.46. The summed E-state index contributed by atoms with van der Waals surface area (Å²) < 4.78 is 6.00. The largest absolute Gasteiger partial charge is 0.361 e. The molecule has 0 saturated carbocycles. The molecular formula is C22H24N4S. The lowest BCUT2D eigenvalue weighted by atomic mass is 10.1. The molecule has 27 heavy (non-hydrogen) atoms. The smallest absolute Gasteiger partial charge is 0.150 e. The number of benzene rings is 2. The van der Waals surface area contributed by atoms with Crippen LogP contribution in [0.2, 0.25) is 0 Å². The predicted molar refractivity (Wildman–Crippen MR) is 115 cm³/mol. The van der Waals surface area contributed by atoms with Gasteiger partial charge in [-0.1, -0.05) is 30.3 Å². The first-order chi connectivity index (χ1) is 13.4. The fourth-order valence-electron chi connectivity index (χ4n) is 4.12. The zero-order chi connectivity index (χ0) is 18.1. The van der Waals surface area contributed by atoms with E-state index in [1.54, 1.807) is 11.5 Å². The van der Waals surface area contributed by atoms with E-state index in [2.05, 4.69) is 69.5 Å². The Morgan fingerprint density at radius 2 is 1.70 bits per heavy atom. The standard InChI is InChI=1S/C22H24N4S/c1-3-9-20-18(7-1)17(16-23-20)6-5-11-25-12-14-26(15-13-25)22-19-8-2-4-10-21(19)27-24-22/h1-4,7-10,16,23H,5-6,11-15H2. The number of nitrogens with zero attached hydrogens (tertiary/aromatic N) is 3. The molecule has 1 aliphatic heterocycles. The number of anilines is 1. The molecule has 4 nitrogen and oxygen atoms in total. The van der Waals surface area contributed by atoms with E-state index in [1.165, 1.54) is 45.3 Å². The molecule has 2 aromatic heterocycles. The van der Waals surface area contributed by atoms with Gasteiger partial charge in [-0.25, -0.2) is 0 Å². The van der Waals surface area contributed by atoms with Crippen LogP contribution in [-0.2, 0) is 6.42 Å². The van der Waals surface area contributed by atoms with Crippen LogP contribution in [-0.4, -0.2) is 47.0 Å². The number of rotatable bonds is 5. The number of aryl methyl sites for hydroxylation is 1. The second kappa shape index (κ2) is 7.33. The molecule has 5 heteroatoms. The quantitative estimate of drug-likeness (QED) is 0.556. The zero-order valence-electron chi connectivity index (χ0n) is 15.4. The van der Waals surface area contributed by atoms with Gasteiger partial charge in [0.1, 0.15) is 5.82 Å². The number of H-pyrrole nitrogens is 1. The van der Waals surface area contributed by atoms with Crippen molar-refractivity contribution in [2.75, 3.05) is 37.6 Å². The number of para-hydroxylation sites is 1. The number of nitrogens with one attached hydrogen (secondary N) is 1. The van der Waals surface area contributed by atoms with Gasteiger partial charge < -0.3 is 9.88 Å². The van der Waals surface area contributed by atoms with Crippen LogP contribution in [0.25, 0.3) is 21.0 Å². The van der Waals surface area contributed by atoms with E-state index in [1.807, 2.05) is 0 Å². The van der Waals surface area contributed by atoms with E-state index in [4.69, 9.17) is 4.37 Å². The van der Waals surface area contributed by atoms with Gasteiger partial charge in [0.15, 0.2) is 0 Å². The fraction of sp³-hybridized carbons (Fsp3) is 0.318. The third kappa shape index (κ3) is 3.33. The molecule has 0 spiro atoms. The van der Waals surface area contributed by atoms with Gasteiger partial charge in [-0.3, -0.25) is 4.90 Å². The number of hydrogen-bond acceptors (Lipinski definition) is 4. The van der Waals surface area contributed by atoms with Gasteiger partial charge in [-0.2, -0.15) is 4.37 Å². The lowest BCUT2D eigenvalue weighted by Gasteiger charge is -2.35. The highest BCUT2D eigenvalue weighted by Gasteiger charge is 2.20. The lowest BCUT2D eigenvalue weighted by molar-refractivity contribution is 0.255. The molecule has 0 bridgehead atoms. The van der Waals surface area contributed by atoms with Crippen LogP contribution in [0.4, 0.5) is 5.82 Å². The van der Waals surface area contributed by atoms with Crippen molar-refractivity contribution in [3.8, 4) is 0 Å². The minimum Gasteiger partial charge on any atom is -0.361 e. The molecule has 1 saturated heterocycles. The molecular weight excluding hydrogens is 352 g/mol. The molecule has 0 amide bonds. The maximum atomic E-state index is 4.71.